The van der Waals surface area contributed by atoms with E-state index in [4.69, 9.17) is 0 Å². The number of aliphatic hydroxyl groups excluding tert-OH is 1. The third kappa shape index (κ3) is 2.41. The van der Waals surface area contributed by atoms with E-state index in [1.54, 1.807) is 12.1 Å². The zero-order valence-corrected chi connectivity index (χ0v) is 14.6. The van der Waals surface area contributed by atoms with Crippen molar-refractivity contribution >= 4 is 44.7 Å². The minimum absolute atomic E-state index is 0.0552. The van der Waals surface area contributed by atoms with Crippen molar-refractivity contribution in [3.8, 4) is 0 Å². The van der Waals surface area contributed by atoms with Crippen molar-refractivity contribution in [3.63, 3.8) is 0 Å². The van der Waals surface area contributed by atoms with Gasteiger partial charge >= 0.3 is 0 Å². The van der Waals surface area contributed by atoms with Crippen LogP contribution in [0, 0.1) is 0 Å². The molecular weight excluding hydrogens is 316 g/mol. The monoisotopic (exact) mass is 334 g/mol. The highest BCUT2D eigenvalue weighted by Crippen LogP contribution is 2.34. The van der Waals surface area contributed by atoms with E-state index in [1.807, 2.05) is 18.2 Å². The van der Waals surface area contributed by atoms with Crippen LogP contribution in [0.3, 0.4) is 0 Å². The Bertz CT molecular complexity index is 1130. The fraction of sp³-hybridized carbons (Fsp3) is 0.190. The molecule has 0 aliphatic heterocycles. The molecule has 0 bridgehead atoms. The first-order chi connectivity index (χ1) is 11.8. The minimum atomic E-state index is -0.344. The number of hydrogen-bond donors (Lipinski definition) is 1. The number of Topliss-reactive ketones (excluding diaryl/α,β-unsaturated/α-hetero) is 3. The highest BCUT2D eigenvalue weighted by atomic mass is 16.3. The highest BCUT2D eigenvalue weighted by Gasteiger charge is 2.26. The molecule has 0 fully saturated rings. The number of ketones is 3. The van der Waals surface area contributed by atoms with Crippen LogP contribution in [-0.2, 0) is 0 Å². The summed E-state index contributed by atoms with van der Waals surface area (Å²) in [7, 11) is 0. The van der Waals surface area contributed by atoms with Crippen LogP contribution in [0.25, 0.3) is 27.3 Å². The number of benzene rings is 3. The molecule has 4 nitrogen and oxygen atoms in total. The van der Waals surface area contributed by atoms with Gasteiger partial charge in [0.05, 0.1) is 5.76 Å². The lowest BCUT2D eigenvalue weighted by molar-refractivity contribution is 0.0970. The Morgan fingerprint density at radius 2 is 1.32 bits per heavy atom. The second-order valence-corrected chi connectivity index (χ2v) is 6.27. The first-order valence-corrected chi connectivity index (χ1v) is 7.99. The molecule has 0 saturated carbocycles. The summed E-state index contributed by atoms with van der Waals surface area (Å²) in [5, 5.41) is 13.3. The highest BCUT2D eigenvalue weighted by molar-refractivity contribution is 6.29. The maximum Gasteiger partial charge on any atom is 0.161 e. The number of carbonyl (C=O) groups is 3. The van der Waals surface area contributed by atoms with Crippen LogP contribution in [0.15, 0.2) is 30.3 Å². The molecule has 0 aliphatic rings. The van der Waals surface area contributed by atoms with E-state index in [2.05, 4.69) is 0 Å². The average Bonchev–Trinajstić information content (AvgIpc) is 2.53. The Balaban J connectivity index is 2.88. The van der Waals surface area contributed by atoms with Gasteiger partial charge < -0.3 is 5.11 Å². The largest absolute Gasteiger partial charge is 0.512 e. The molecule has 0 unspecified atom stereocenters. The molecule has 3 aromatic carbocycles. The van der Waals surface area contributed by atoms with Gasteiger partial charge in [0.1, 0.15) is 0 Å². The number of carbonyl (C=O) groups excluding carboxylic acids is 3. The summed E-state index contributed by atoms with van der Waals surface area (Å²) >= 11 is 0. The number of aliphatic hydroxyl groups is 1. The van der Waals surface area contributed by atoms with E-state index < -0.39 is 0 Å². The van der Waals surface area contributed by atoms with E-state index in [1.165, 1.54) is 27.7 Å². The molecular formula is C21H18O4. The summed E-state index contributed by atoms with van der Waals surface area (Å²) in [6.45, 7) is 5.66. The zero-order valence-electron chi connectivity index (χ0n) is 14.6. The quantitative estimate of drug-likeness (QED) is 0.735. The molecule has 0 saturated heterocycles. The van der Waals surface area contributed by atoms with Crippen molar-refractivity contribution < 1.29 is 19.5 Å². The van der Waals surface area contributed by atoms with E-state index >= 15 is 0 Å². The molecule has 0 aliphatic carbocycles. The second-order valence-electron chi connectivity index (χ2n) is 6.27. The molecule has 0 spiro atoms. The van der Waals surface area contributed by atoms with Gasteiger partial charge in [-0.25, -0.2) is 0 Å². The minimum Gasteiger partial charge on any atom is -0.512 e. The Morgan fingerprint density at radius 3 is 1.84 bits per heavy atom. The Kier molecular flexibility index (Phi) is 3.91. The summed E-state index contributed by atoms with van der Waals surface area (Å²) < 4.78 is 0. The fourth-order valence-electron chi connectivity index (χ4n) is 3.60. The SMILES string of the molecule is CC(=O)c1c(C(C)=O)c2cccc3ccc(=C(C)O)c(c1C(C)=O)c32. The first kappa shape index (κ1) is 16.8. The average molecular weight is 334 g/mol. The van der Waals surface area contributed by atoms with Gasteiger partial charge in [0.2, 0.25) is 0 Å². The van der Waals surface area contributed by atoms with Crippen molar-refractivity contribution in [3.05, 3.63) is 52.2 Å². The van der Waals surface area contributed by atoms with Gasteiger partial charge in [-0.3, -0.25) is 14.4 Å². The normalized spacial score (nSPS) is 12.5. The third-order valence-electron chi connectivity index (χ3n) is 4.51. The summed E-state index contributed by atoms with van der Waals surface area (Å²) in [5.41, 5.74) is 0.600. The van der Waals surface area contributed by atoms with E-state index in [0.717, 1.165) is 5.39 Å². The number of rotatable bonds is 3. The van der Waals surface area contributed by atoms with Crippen molar-refractivity contribution in [2.75, 3.05) is 0 Å². The summed E-state index contributed by atoms with van der Waals surface area (Å²) in [5.74, 6) is -0.867. The number of hydrogen-bond acceptors (Lipinski definition) is 4. The molecule has 0 heterocycles. The van der Waals surface area contributed by atoms with E-state index in [0.29, 0.717) is 21.4 Å². The Morgan fingerprint density at radius 1 is 0.720 bits per heavy atom. The van der Waals surface area contributed by atoms with Crippen LogP contribution < -0.4 is 5.22 Å². The first-order valence-electron chi connectivity index (χ1n) is 7.99. The van der Waals surface area contributed by atoms with Crippen LogP contribution in [-0.4, -0.2) is 22.5 Å². The van der Waals surface area contributed by atoms with Crippen LogP contribution >= 0.6 is 0 Å². The van der Waals surface area contributed by atoms with Crippen molar-refractivity contribution in [2.24, 2.45) is 0 Å². The smallest absolute Gasteiger partial charge is 0.161 e. The molecule has 0 atom stereocenters. The van der Waals surface area contributed by atoms with Gasteiger partial charge in [0, 0.05) is 27.3 Å². The van der Waals surface area contributed by atoms with Crippen LogP contribution in [0.2, 0.25) is 0 Å². The van der Waals surface area contributed by atoms with Gasteiger partial charge in [-0.2, -0.15) is 0 Å². The van der Waals surface area contributed by atoms with Crippen LogP contribution in [0.5, 0.6) is 0 Å². The van der Waals surface area contributed by atoms with Gasteiger partial charge in [-0.05, 0) is 43.9 Å². The van der Waals surface area contributed by atoms with Gasteiger partial charge in [0.15, 0.2) is 17.3 Å². The van der Waals surface area contributed by atoms with Gasteiger partial charge in [-0.1, -0.05) is 30.3 Å². The van der Waals surface area contributed by atoms with E-state index in [9.17, 15) is 19.5 Å². The maximum absolute atomic E-state index is 12.5. The van der Waals surface area contributed by atoms with Crippen LogP contribution in [0.4, 0.5) is 0 Å². The molecule has 0 radical (unpaired) electrons. The van der Waals surface area contributed by atoms with E-state index in [-0.39, 0.29) is 39.8 Å². The Hall–Kier alpha value is -3.01. The van der Waals surface area contributed by atoms with Gasteiger partial charge in [0.25, 0.3) is 0 Å². The molecule has 4 heteroatoms. The Labute approximate surface area is 144 Å². The van der Waals surface area contributed by atoms with Crippen molar-refractivity contribution in [2.45, 2.75) is 27.7 Å². The molecule has 0 amide bonds. The van der Waals surface area contributed by atoms with Crippen LogP contribution in [0.1, 0.15) is 58.8 Å². The van der Waals surface area contributed by atoms with Gasteiger partial charge in [-0.15, -0.1) is 0 Å². The predicted molar refractivity (Wildman–Crippen MR) is 98.4 cm³/mol. The zero-order chi connectivity index (χ0) is 18.5. The van der Waals surface area contributed by atoms with Crippen molar-refractivity contribution in [1.82, 2.24) is 0 Å². The lowest BCUT2D eigenvalue weighted by Gasteiger charge is -2.18. The summed E-state index contributed by atoms with van der Waals surface area (Å²) in [6.07, 6.45) is 0. The molecule has 0 aromatic heterocycles. The lowest BCUT2D eigenvalue weighted by atomic mass is 9.83. The summed E-state index contributed by atoms with van der Waals surface area (Å²) in [6, 6.07) is 9.05. The second kappa shape index (κ2) is 5.81. The molecule has 3 aromatic rings. The molecule has 3 rings (SSSR count). The standard InChI is InChI=1S/C21H18O4/c1-10(22)15-9-8-14-6-5-7-16-17(11(2)23)18(12(3)24)19(13(4)25)21(15)20(14)16/h5-9,22H,1-4H3. The molecule has 25 heavy (non-hydrogen) atoms. The molecule has 1 N–H and O–H groups in total. The summed E-state index contributed by atoms with van der Waals surface area (Å²) in [4.78, 5) is 37.2. The molecule has 126 valence electrons. The topological polar surface area (TPSA) is 71.4 Å². The third-order valence-corrected chi connectivity index (χ3v) is 4.51. The maximum atomic E-state index is 12.5. The lowest BCUT2D eigenvalue weighted by Crippen LogP contribution is -2.18. The van der Waals surface area contributed by atoms with Crippen molar-refractivity contribution in [1.29, 1.82) is 0 Å². The fourth-order valence-corrected chi connectivity index (χ4v) is 3.60. The predicted octanol–water partition coefficient (Wildman–Crippen LogP) is 4.01.